The van der Waals surface area contributed by atoms with Gasteiger partial charge in [-0.15, -0.1) is 0 Å². The SMILES string of the molecule is O=S(=O)(NC(c1cccnc1)C1CCOCC1)c1cc(F)cc(F)c1. The highest BCUT2D eigenvalue weighted by molar-refractivity contribution is 7.89. The number of benzene rings is 1. The van der Waals surface area contributed by atoms with Crippen LogP contribution in [0.2, 0.25) is 0 Å². The van der Waals surface area contributed by atoms with Gasteiger partial charge in [0.1, 0.15) is 11.6 Å². The van der Waals surface area contributed by atoms with Crippen molar-refractivity contribution in [3.63, 3.8) is 0 Å². The molecule has 2 aromatic rings. The molecule has 0 bridgehead atoms. The second-order valence-electron chi connectivity index (χ2n) is 5.94. The van der Waals surface area contributed by atoms with E-state index in [-0.39, 0.29) is 5.92 Å². The first-order valence-electron chi connectivity index (χ1n) is 7.92. The van der Waals surface area contributed by atoms with Gasteiger partial charge in [-0.05, 0) is 42.5 Å². The lowest BCUT2D eigenvalue weighted by atomic mass is 9.88. The van der Waals surface area contributed by atoms with Gasteiger partial charge in [-0.2, -0.15) is 0 Å². The van der Waals surface area contributed by atoms with Gasteiger partial charge in [-0.3, -0.25) is 4.98 Å². The third-order valence-electron chi connectivity index (χ3n) is 4.21. The smallest absolute Gasteiger partial charge is 0.241 e. The summed E-state index contributed by atoms with van der Waals surface area (Å²) >= 11 is 0. The van der Waals surface area contributed by atoms with Crippen molar-refractivity contribution in [2.45, 2.75) is 23.8 Å². The maximum Gasteiger partial charge on any atom is 0.241 e. The molecule has 1 atom stereocenters. The highest BCUT2D eigenvalue weighted by atomic mass is 32.2. The Labute approximate surface area is 145 Å². The van der Waals surface area contributed by atoms with Gasteiger partial charge in [0.05, 0.1) is 10.9 Å². The van der Waals surface area contributed by atoms with Crippen molar-refractivity contribution in [1.82, 2.24) is 9.71 Å². The van der Waals surface area contributed by atoms with E-state index < -0.39 is 32.6 Å². The van der Waals surface area contributed by atoms with Crippen molar-refractivity contribution in [3.8, 4) is 0 Å². The van der Waals surface area contributed by atoms with E-state index in [1.54, 1.807) is 24.5 Å². The molecule has 1 aliphatic heterocycles. The predicted molar refractivity (Wildman–Crippen MR) is 87.2 cm³/mol. The Bertz CT molecular complexity index is 805. The Kier molecular flexibility index (Phi) is 5.41. The summed E-state index contributed by atoms with van der Waals surface area (Å²) in [4.78, 5) is 3.61. The number of nitrogens with one attached hydrogen (secondary N) is 1. The lowest BCUT2D eigenvalue weighted by Gasteiger charge is -2.31. The van der Waals surface area contributed by atoms with E-state index >= 15 is 0 Å². The maximum atomic E-state index is 13.4. The minimum atomic E-state index is -4.10. The number of hydrogen-bond acceptors (Lipinski definition) is 4. The van der Waals surface area contributed by atoms with Crippen LogP contribution >= 0.6 is 0 Å². The van der Waals surface area contributed by atoms with E-state index in [4.69, 9.17) is 4.74 Å². The Morgan fingerprint density at radius 1 is 1.16 bits per heavy atom. The average Bonchev–Trinajstić information content (AvgIpc) is 2.60. The fourth-order valence-electron chi connectivity index (χ4n) is 2.96. The third-order valence-corrected chi connectivity index (χ3v) is 5.63. The monoisotopic (exact) mass is 368 g/mol. The summed E-state index contributed by atoms with van der Waals surface area (Å²) in [5.41, 5.74) is 0.704. The molecular formula is C17H18F2N2O3S. The predicted octanol–water partition coefficient (Wildman–Crippen LogP) is 2.81. The molecule has 1 N–H and O–H groups in total. The van der Waals surface area contributed by atoms with Gasteiger partial charge in [-0.25, -0.2) is 21.9 Å². The molecule has 0 aliphatic carbocycles. The molecule has 2 heterocycles. The largest absolute Gasteiger partial charge is 0.381 e. The molecule has 0 saturated carbocycles. The van der Waals surface area contributed by atoms with Crippen LogP contribution in [-0.2, 0) is 14.8 Å². The van der Waals surface area contributed by atoms with E-state index in [9.17, 15) is 17.2 Å². The topological polar surface area (TPSA) is 68.3 Å². The molecule has 1 aromatic carbocycles. The van der Waals surface area contributed by atoms with Crippen LogP contribution in [0.3, 0.4) is 0 Å². The van der Waals surface area contributed by atoms with Gasteiger partial charge in [0, 0.05) is 31.7 Å². The van der Waals surface area contributed by atoms with Gasteiger partial charge in [0.15, 0.2) is 0 Å². The third kappa shape index (κ3) is 4.39. The highest BCUT2D eigenvalue weighted by Gasteiger charge is 2.30. The van der Waals surface area contributed by atoms with Crippen LogP contribution in [0, 0.1) is 17.6 Å². The fourth-order valence-corrected chi connectivity index (χ4v) is 4.30. The number of pyridine rings is 1. The summed E-state index contributed by atoms with van der Waals surface area (Å²) in [5.74, 6) is -1.88. The van der Waals surface area contributed by atoms with E-state index in [0.29, 0.717) is 37.7 Å². The number of ether oxygens (including phenoxy) is 1. The molecule has 0 spiro atoms. The van der Waals surface area contributed by atoms with Crippen LogP contribution in [0.15, 0.2) is 47.6 Å². The van der Waals surface area contributed by atoms with E-state index in [1.807, 2.05) is 0 Å². The number of aromatic nitrogens is 1. The normalized spacial score (nSPS) is 17.4. The van der Waals surface area contributed by atoms with E-state index in [0.717, 1.165) is 12.1 Å². The van der Waals surface area contributed by atoms with Gasteiger partial charge < -0.3 is 4.74 Å². The van der Waals surface area contributed by atoms with E-state index in [1.165, 1.54) is 0 Å². The van der Waals surface area contributed by atoms with Crippen LogP contribution in [-0.4, -0.2) is 26.6 Å². The molecule has 5 nitrogen and oxygen atoms in total. The first kappa shape index (κ1) is 17.9. The minimum Gasteiger partial charge on any atom is -0.381 e. The summed E-state index contributed by atoms with van der Waals surface area (Å²) in [5, 5.41) is 0. The number of nitrogens with zero attached hydrogens (tertiary/aromatic N) is 1. The zero-order valence-electron chi connectivity index (χ0n) is 13.4. The van der Waals surface area contributed by atoms with Crippen LogP contribution in [0.5, 0.6) is 0 Å². The summed E-state index contributed by atoms with van der Waals surface area (Å²) in [7, 11) is -4.10. The zero-order valence-corrected chi connectivity index (χ0v) is 14.2. The molecule has 1 aliphatic rings. The van der Waals surface area contributed by atoms with Gasteiger partial charge in [0.2, 0.25) is 10.0 Å². The van der Waals surface area contributed by atoms with Crippen LogP contribution in [0.25, 0.3) is 0 Å². The average molecular weight is 368 g/mol. The highest BCUT2D eigenvalue weighted by Crippen LogP contribution is 2.31. The van der Waals surface area contributed by atoms with Gasteiger partial charge >= 0.3 is 0 Å². The number of sulfonamides is 1. The van der Waals surface area contributed by atoms with Crippen LogP contribution in [0.4, 0.5) is 8.78 Å². The number of rotatable bonds is 5. The Morgan fingerprint density at radius 3 is 2.44 bits per heavy atom. The van der Waals surface area contributed by atoms with Crippen molar-refractivity contribution in [1.29, 1.82) is 0 Å². The first-order chi connectivity index (χ1) is 12.0. The molecule has 1 saturated heterocycles. The molecule has 1 fully saturated rings. The minimum absolute atomic E-state index is 0.00568. The van der Waals surface area contributed by atoms with E-state index in [2.05, 4.69) is 9.71 Å². The lowest BCUT2D eigenvalue weighted by Crippen LogP contribution is -2.36. The molecular weight excluding hydrogens is 350 g/mol. The molecule has 134 valence electrons. The van der Waals surface area contributed by atoms with Crippen LogP contribution in [0.1, 0.15) is 24.4 Å². The van der Waals surface area contributed by atoms with Crippen molar-refractivity contribution >= 4 is 10.0 Å². The second kappa shape index (κ2) is 7.55. The fraction of sp³-hybridized carbons (Fsp3) is 0.353. The summed E-state index contributed by atoms with van der Waals surface area (Å²) < 4.78 is 60.1. The molecule has 3 rings (SSSR count). The Hall–Kier alpha value is -1.90. The van der Waals surface area contributed by atoms with Crippen LogP contribution < -0.4 is 4.72 Å². The maximum absolute atomic E-state index is 13.4. The summed E-state index contributed by atoms with van der Waals surface area (Å²) in [6.45, 7) is 1.08. The second-order valence-corrected chi connectivity index (χ2v) is 7.65. The van der Waals surface area contributed by atoms with Gasteiger partial charge in [-0.1, -0.05) is 6.07 Å². The summed E-state index contributed by atoms with van der Waals surface area (Å²) in [6, 6.07) is 5.19. The lowest BCUT2D eigenvalue weighted by molar-refractivity contribution is 0.0564. The zero-order chi connectivity index (χ0) is 17.9. The first-order valence-corrected chi connectivity index (χ1v) is 9.40. The Balaban J connectivity index is 1.93. The van der Waals surface area contributed by atoms with Crippen molar-refractivity contribution in [2.75, 3.05) is 13.2 Å². The van der Waals surface area contributed by atoms with Crippen molar-refractivity contribution < 1.29 is 21.9 Å². The number of halogens is 2. The quantitative estimate of drug-likeness (QED) is 0.881. The molecule has 1 unspecified atom stereocenters. The van der Waals surface area contributed by atoms with Gasteiger partial charge in [0.25, 0.3) is 0 Å². The molecule has 0 radical (unpaired) electrons. The summed E-state index contributed by atoms with van der Waals surface area (Å²) in [6.07, 6.45) is 4.55. The standard InChI is InChI=1S/C17H18F2N2O3S/c18-14-8-15(19)10-16(9-14)25(22,23)21-17(12-3-6-24-7-4-12)13-2-1-5-20-11-13/h1-2,5,8-12,17,21H,3-4,6-7H2. The molecule has 1 aromatic heterocycles. The molecule has 25 heavy (non-hydrogen) atoms. The Morgan fingerprint density at radius 2 is 1.84 bits per heavy atom. The molecule has 0 amide bonds. The number of hydrogen-bond donors (Lipinski definition) is 1. The molecule has 8 heteroatoms. The van der Waals surface area contributed by atoms with Crippen molar-refractivity contribution in [3.05, 3.63) is 59.9 Å². The van der Waals surface area contributed by atoms with Crippen molar-refractivity contribution in [2.24, 2.45) is 5.92 Å².